The molecule has 6 heteroatoms. The second-order valence-electron chi connectivity index (χ2n) is 18.6. The van der Waals surface area contributed by atoms with Gasteiger partial charge in [0.2, 0.25) is 0 Å². The average molecular weight is 1100 g/mol. The van der Waals surface area contributed by atoms with Crippen LogP contribution in [0.5, 0.6) is 11.5 Å². The molecular formula is C65H46N4OPt-2. The molecule has 12 aromatic rings. The molecule has 0 spiro atoms. The van der Waals surface area contributed by atoms with Crippen LogP contribution in [0.15, 0.2) is 206 Å². The van der Waals surface area contributed by atoms with E-state index in [1.807, 2.05) is 144 Å². The zero-order chi connectivity index (χ0) is 53.9. The van der Waals surface area contributed by atoms with E-state index in [1.165, 1.54) is 0 Å². The van der Waals surface area contributed by atoms with Gasteiger partial charge in [0.25, 0.3) is 6.33 Å². The third-order valence-electron chi connectivity index (χ3n) is 13.4. The van der Waals surface area contributed by atoms with Crippen LogP contribution in [0.2, 0.25) is 0 Å². The van der Waals surface area contributed by atoms with E-state index in [1.54, 1.807) is 10.6 Å². The molecule has 1 aliphatic rings. The minimum Gasteiger partial charge on any atom is -0.510 e. The number of hydrogen-bond acceptors (Lipinski definition) is 2. The summed E-state index contributed by atoms with van der Waals surface area (Å²) in [6.07, 6.45) is 5.46. The van der Waals surface area contributed by atoms with E-state index in [0.29, 0.717) is 39.3 Å². The Balaban J connectivity index is 0.00000623. The summed E-state index contributed by atoms with van der Waals surface area (Å²) in [7, 11) is 0. The van der Waals surface area contributed by atoms with E-state index < -0.39 is 37.1 Å². The van der Waals surface area contributed by atoms with Gasteiger partial charge in [0.1, 0.15) is 5.82 Å². The van der Waals surface area contributed by atoms with Gasteiger partial charge >= 0.3 is 0 Å². The van der Waals surface area contributed by atoms with E-state index in [9.17, 15) is 6.85 Å². The molecule has 3 aromatic heterocycles. The minimum atomic E-state index is -2.86. The van der Waals surface area contributed by atoms with E-state index >= 15 is 0 Å². The first-order valence-electron chi connectivity index (χ1n) is 27.2. The molecule has 0 saturated heterocycles. The van der Waals surface area contributed by atoms with Crippen molar-refractivity contribution in [3.8, 4) is 84.3 Å². The molecule has 0 radical (unpaired) electrons. The Morgan fingerprint density at radius 2 is 1.23 bits per heavy atom. The summed E-state index contributed by atoms with van der Waals surface area (Å²) in [6.45, 7) is 3.68. The van der Waals surface area contributed by atoms with Crippen molar-refractivity contribution in [1.29, 1.82) is 0 Å². The number of para-hydroxylation sites is 3. The normalized spacial score (nSPS) is 13.6. The Hall–Kier alpha value is -8.11. The Labute approximate surface area is 439 Å². The number of nitrogens with zero attached hydrogens (tertiary/aromatic N) is 4. The van der Waals surface area contributed by atoms with Crippen LogP contribution in [0.4, 0.5) is 0 Å². The summed E-state index contributed by atoms with van der Waals surface area (Å²) in [5, 5.41) is 2.05. The van der Waals surface area contributed by atoms with Crippen molar-refractivity contribution in [2.24, 2.45) is 0 Å². The molecule has 0 amide bonds. The molecule has 0 unspecified atom stereocenters. The fourth-order valence-corrected chi connectivity index (χ4v) is 10.2. The van der Waals surface area contributed by atoms with Crippen LogP contribution in [0, 0.1) is 25.3 Å². The fraction of sp³-hybridized carbons (Fsp3) is 0.0769. The summed E-state index contributed by atoms with van der Waals surface area (Å²) < 4.78 is 85.7. The molecule has 0 N–H and O–H groups in total. The van der Waals surface area contributed by atoms with Gasteiger partial charge in [-0.2, -0.15) is 18.2 Å². The Kier molecular flexibility index (Phi) is 8.79. The molecular weight excluding hydrogens is 1050 g/mol. The third kappa shape index (κ3) is 7.34. The summed E-state index contributed by atoms with van der Waals surface area (Å²) in [6, 6.07) is 59.2. The topological polar surface area (TPSA) is 35.9 Å². The quantitative estimate of drug-likeness (QED) is 0.123. The molecule has 0 saturated carbocycles. The van der Waals surface area contributed by atoms with Gasteiger partial charge < -0.3 is 13.9 Å². The molecule has 13 rings (SSSR count). The van der Waals surface area contributed by atoms with Crippen molar-refractivity contribution in [2.45, 2.75) is 33.0 Å². The standard InChI is InChI=1S/C65H46N4O.Pt/c1-42-37-56-52-27-11-10-25-50(52)48-23-8-9-24-49(48)51-26-12-13-29-55(51)63(56)64(62(42)43-19-6-5-7-20-43)68-41-67(58-31-16-17-32-59(58)68)45-21-18-22-46(39-45)70-47-33-34-54-53-28-14-15-30-57(53)69(60(54)40-47)61-38-44(35-36-66-61)65(2,3)4;/h5-38H,1-4H3;/q-2;/i1D3,5D,6D,7D,19D,20D;. The number of pyridine rings is 1. The van der Waals surface area contributed by atoms with E-state index in [4.69, 9.17) is 13.8 Å². The molecule has 344 valence electrons. The second kappa shape index (κ2) is 17.4. The first-order valence-corrected chi connectivity index (χ1v) is 23.2. The number of hydrogen-bond donors (Lipinski definition) is 0. The third-order valence-corrected chi connectivity index (χ3v) is 13.4. The Morgan fingerprint density at radius 3 is 1.94 bits per heavy atom. The number of ether oxygens (including phenoxy) is 1. The molecule has 0 bridgehead atoms. The molecule has 3 heterocycles. The van der Waals surface area contributed by atoms with Crippen LogP contribution in [-0.4, -0.2) is 14.1 Å². The molecule has 0 atom stereocenters. The van der Waals surface area contributed by atoms with Gasteiger partial charge in [0.05, 0.1) is 23.6 Å². The largest absolute Gasteiger partial charge is 0.510 e. The van der Waals surface area contributed by atoms with Gasteiger partial charge in [-0.3, -0.25) is 4.57 Å². The Morgan fingerprint density at radius 1 is 0.592 bits per heavy atom. The predicted octanol–water partition coefficient (Wildman–Crippen LogP) is 15.8. The van der Waals surface area contributed by atoms with Crippen molar-refractivity contribution < 1.29 is 41.3 Å². The zero-order valence-corrected chi connectivity index (χ0v) is 41.0. The van der Waals surface area contributed by atoms with Gasteiger partial charge in [-0.25, -0.2) is 4.98 Å². The summed E-state index contributed by atoms with van der Waals surface area (Å²) >= 11 is 0. The van der Waals surface area contributed by atoms with E-state index in [0.717, 1.165) is 66.6 Å². The van der Waals surface area contributed by atoms with Crippen LogP contribution in [0.3, 0.4) is 0 Å². The van der Waals surface area contributed by atoms with Gasteiger partial charge in [-0.1, -0.05) is 178 Å². The molecule has 0 aliphatic heterocycles. The SMILES string of the molecule is [2H]c1c([2H])c([2H])c(-c2c(C([2H])([2H])[2H])cc3c(c2-[n+]2[c-]n(-c4[c-]c(Oc5[c-]c6c(cc5)c5ccccc5n6-c5cc(C(C)(C)C)ccn5)ccc4)c4ccccc42)-c2ccccc2-c2ccccc2-c2ccccc2-3)c([2H])c1[2H].[Pt]. The number of aryl methyl sites for hydroxylation is 1. The number of fused-ring (bicyclic) bond motifs is 12. The van der Waals surface area contributed by atoms with Gasteiger partial charge in [-0.05, 0) is 103 Å². The Bertz CT molecular complexity index is 4450. The van der Waals surface area contributed by atoms with Crippen molar-refractivity contribution in [3.05, 3.63) is 236 Å². The number of imidazole rings is 1. The van der Waals surface area contributed by atoms with E-state index in [-0.39, 0.29) is 48.9 Å². The van der Waals surface area contributed by atoms with Gasteiger partial charge in [0.15, 0.2) is 0 Å². The predicted molar refractivity (Wildman–Crippen MR) is 284 cm³/mol. The molecule has 1 aliphatic carbocycles. The molecule has 9 aromatic carbocycles. The molecule has 5 nitrogen and oxygen atoms in total. The number of rotatable bonds is 6. The second-order valence-corrected chi connectivity index (χ2v) is 18.6. The monoisotopic (exact) mass is 1100 g/mol. The fourth-order valence-electron chi connectivity index (χ4n) is 10.2. The molecule has 0 fully saturated rings. The first kappa shape index (κ1) is 35.9. The van der Waals surface area contributed by atoms with E-state index in [2.05, 4.69) is 74.1 Å². The summed E-state index contributed by atoms with van der Waals surface area (Å²) in [5.41, 5.74) is 10.6. The maximum atomic E-state index is 9.48. The number of benzene rings is 9. The van der Waals surface area contributed by atoms with Crippen molar-refractivity contribution in [3.63, 3.8) is 0 Å². The van der Waals surface area contributed by atoms with Gasteiger partial charge in [-0.15, -0.1) is 29.7 Å². The smallest absolute Gasteiger partial charge is 0.268 e. The minimum absolute atomic E-state index is 0. The van der Waals surface area contributed by atoms with Crippen LogP contribution in [0.25, 0.3) is 106 Å². The number of aromatic nitrogens is 4. The van der Waals surface area contributed by atoms with Crippen LogP contribution in [0.1, 0.15) is 42.9 Å². The zero-order valence-electron chi connectivity index (χ0n) is 46.8. The van der Waals surface area contributed by atoms with Gasteiger partial charge in [0, 0.05) is 54.0 Å². The van der Waals surface area contributed by atoms with Crippen molar-refractivity contribution in [2.75, 3.05) is 0 Å². The summed E-state index contributed by atoms with van der Waals surface area (Å²) in [4.78, 5) is 4.84. The summed E-state index contributed by atoms with van der Waals surface area (Å²) in [5.74, 6) is 1.60. The maximum Gasteiger partial charge on any atom is 0.268 e. The molecule has 71 heavy (non-hydrogen) atoms. The van der Waals surface area contributed by atoms with Crippen LogP contribution < -0.4 is 9.30 Å². The van der Waals surface area contributed by atoms with Crippen molar-refractivity contribution >= 4 is 32.8 Å². The average Bonchev–Trinajstić information content (AvgIpc) is 4.14. The van der Waals surface area contributed by atoms with Crippen LogP contribution in [-0.2, 0) is 26.5 Å². The van der Waals surface area contributed by atoms with Crippen molar-refractivity contribution in [1.82, 2.24) is 14.1 Å². The first-order chi connectivity index (χ1) is 37.6. The maximum absolute atomic E-state index is 9.48. The van der Waals surface area contributed by atoms with Crippen LogP contribution >= 0.6 is 0 Å².